The van der Waals surface area contributed by atoms with Gasteiger partial charge in [0.05, 0.1) is 32.5 Å². The predicted octanol–water partition coefficient (Wildman–Crippen LogP) is 2.36. The highest BCUT2D eigenvalue weighted by molar-refractivity contribution is 5.94. The highest BCUT2D eigenvalue weighted by Gasteiger charge is 2.24. The van der Waals surface area contributed by atoms with Gasteiger partial charge in [-0.15, -0.1) is 0 Å². The lowest BCUT2D eigenvalue weighted by Gasteiger charge is -2.27. The fourth-order valence-electron chi connectivity index (χ4n) is 3.67. The number of benzene rings is 1. The monoisotopic (exact) mass is 368 g/mol. The van der Waals surface area contributed by atoms with E-state index in [1.807, 2.05) is 29.2 Å². The molecule has 2 aliphatic heterocycles. The van der Waals surface area contributed by atoms with Crippen molar-refractivity contribution in [3.05, 3.63) is 53.3 Å². The maximum atomic E-state index is 12.5. The summed E-state index contributed by atoms with van der Waals surface area (Å²) in [6.07, 6.45) is 3.44. The van der Waals surface area contributed by atoms with Crippen LogP contribution in [0.3, 0.4) is 0 Å². The van der Waals surface area contributed by atoms with Gasteiger partial charge >= 0.3 is 0 Å². The molecule has 0 N–H and O–H groups in total. The van der Waals surface area contributed by atoms with Gasteiger partial charge in [0.15, 0.2) is 11.5 Å². The topological polar surface area (TPSA) is 60.9 Å². The fourth-order valence-corrected chi connectivity index (χ4v) is 3.67. The van der Waals surface area contributed by atoms with Crippen molar-refractivity contribution in [2.75, 3.05) is 40.0 Å². The van der Waals surface area contributed by atoms with Crippen molar-refractivity contribution < 1.29 is 19.0 Å². The minimum Gasteiger partial charge on any atom is -0.493 e. The number of methoxy groups -OCH3 is 1. The molecule has 0 radical (unpaired) electrons. The van der Waals surface area contributed by atoms with Crippen molar-refractivity contribution in [3.8, 4) is 11.5 Å². The minimum atomic E-state index is 0.0272. The summed E-state index contributed by atoms with van der Waals surface area (Å²) >= 11 is 0. The van der Waals surface area contributed by atoms with Gasteiger partial charge in [-0.25, -0.2) is 0 Å². The highest BCUT2D eigenvalue weighted by atomic mass is 16.5. The molecule has 142 valence electrons. The molecule has 1 unspecified atom stereocenters. The molecule has 0 aliphatic carbocycles. The summed E-state index contributed by atoms with van der Waals surface area (Å²) in [5.41, 5.74) is 2.79. The van der Waals surface area contributed by atoms with Gasteiger partial charge in [0.2, 0.25) is 0 Å². The third-order valence-electron chi connectivity index (χ3n) is 5.12. The quantitative estimate of drug-likeness (QED) is 0.829. The Morgan fingerprint density at radius 1 is 1.26 bits per heavy atom. The summed E-state index contributed by atoms with van der Waals surface area (Å²) in [6.45, 7) is 3.13. The smallest absolute Gasteiger partial charge is 0.255 e. The standard InChI is InChI=1S/C21H24N2O4/c1-25-19-4-2-3-16-11-15(14-27-20(16)19)12-18-6-5-17(13-22-18)21(24)23-7-9-26-10-8-23/h2-6,13,15H,7-12,14H2,1H3. The molecule has 0 spiro atoms. The summed E-state index contributed by atoms with van der Waals surface area (Å²) < 4.78 is 16.6. The number of nitrogens with zero attached hydrogens (tertiary/aromatic N) is 2. The van der Waals surface area contributed by atoms with Crippen LogP contribution in [0.4, 0.5) is 0 Å². The number of amides is 1. The third-order valence-corrected chi connectivity index (χ3v) is 5.12. The summed E-state index contributed by atoms with van der Waals surface area (Å²) in [6, 6.07) is 9.83. The molecule has 0 saturated carbocycles. The molecular formula is C21H24N2O4. The highest BCUT2D eigenvalue weighted by Crippen LogP contribution is 2.36. The number of para-hydroxylation sites is 1. The lowest BCUT2D eigenvalue weighted by Crippen LogP contribution is -2.40. The van der Waals surface area contributed by atoms with E-state index in [0.29, 0.717) is 44.4 Å². The number of carbonyl (C=O) groups excluding carboxylic acids is 1. The first-order valence-corrected chi connectivity index (χ1v) is 9.35. The largest absolute Gasteiger partial charge is 0.493 e. The number of aromatic nitrogens is 1. The first-order chi connectivity index (χ1) is 13.2. The van der Waals surface area contributed by atoms with Crippen molar-refractivity contribution in [1.29, 1.82) is 0 Å². The van der Waals surface area contributed by atoms with Crippen LogP contribution >= 0.6 is 0 Å². The summed E-state index contributed by atoms with van der Waals surface area (Å²) in [4.78, 5) is 18.8. The van der Waals surface area contributed by atoms with Gasteiger partial charge in [-0.05, 0) is 36.6 Å². The van der Waals surface area contributed by atoms with E-state index in [9.17, 15) is 4.79 Å². The number of hydrogen-bond donors (Lipinski definition) is 0. The molecule has 27 heavy (non-hydrogen) atoms. The van der Waals surface area contributed by atoms with E-state index in [4.69, 9.17) is 14.2 Å². The zero-order valence-corrected chi connectivity index (χ0v) is 15.5. The van der Waals surface area contributed by atoms with E-state index in [1.54, 1.807) is 13.3 Å². The van der Waals surface area contributed by atoms with Crippen molar-refractivity contribution in [2.24, 2.45) is 5.92 Å². The van der Waals surface area contributed by atoms with E-state index >= 15 is 0 Å². The zero-order valence-electron chi connectivity index (χ0n) is 15.5. The molecule has 6 nitrogen and oxygen atoms in total. The van der Waals surface area contributed by atoms with Gasteiger partial charge in [-0.3, -0.25) is 9.78 Å². The van der Waals surface area contributed by atoms with Crippen molar-refractivity contribution in [1.82, 2.24) is 9.88 Å². The van der Waals surface area contributed by atoms with Crippen molar-refractivity contribution >= 4 is 5.91 Å². The molecule has 4 rings (SSSR count). The van der Waals surface area contributed by atoms with Gasteiger partial charge in [0.25, 0.3) is 5.91 Å². The Labute approximate surface area is 159 Å². The molecule has 1 saturated heterocycles. The van der Waals surface area contributed by atoms with Crippen LogP contribution in [-0.2, 0) is 17.6 Å². The third kappa shape index (κ3) is 3.90. The summed E-state index contributed by atoms with van der Waals surface area (Å²) in [7, 11) is 1.66. The van der Waals surface area contributed by atoms with Crippen LogP contribution in [0.1, 0.15) is 21.6 Å². The maximum Gasteiger partial charge on any atom is 0.255 e. The Morgan fingerprint density at radius 3 is 2.85 bits per heavy atom. The molecule has 6 heteroatoms. The van der Waals surface area contributed by atoms with Crippen molar-refractivity contribution in [3.63, 3.8) is 0 Å². The minimum absolute atomic E-state index is 0.0272. The van der Waals surface area contributed by atoms with Crippen LogP contribution in [0.15, 0.2) is 36.5 Å². The Balaban J connectivity index is 1.39. The lowest BCUT2D eigenvalue weighted by molar-refractivity contribution is 0.0302. The first-order valence-electron chi connectivity index (χ1n) is 9.35. The number of pyridine rings is 1. The van der Waals surface area contributed by atoms with E-state index in [0.717, 1.165) is 30.0 Å². The number of morpholine rings is 1. The van der Waals surface area contributed by atoms with Crippen LogP contribution in [0.25, 0.3) is 0 Å². The molecule has 1 aromatic heterocycles. The molecule has 2 aliphatic rings. The molecule has 0 bridgehead atoms. The average Bonchev–Trinajstić information content (AvgIpc) is 2.74. The molecule has 2 aromatic rings. The van der Waals surface area contributed by atoms with E-state index < -0.39 is 0 Å². The Morgan fingerprint density at radius 2 is 2.11 bits per heavy atom. The fraction of sp³-hybridized carbons (Fsp3) is 0.429. The Bertz CT molecular complexity index is 800. The number of ether oxygens (including phenoxy) is 3. The second kappa shape index (κ2) is 7.96. The molecule has 1 amide bonds. The zero-order chi connectivity index (χ0) is 18.6. The summed E-state index contributed by atoms with van der Waals surface area (Å²) in [5, 5.41) is 0. The average molecular weight is 368 g/mol. The van der Waals surface area contributed by atoms with Crippen LogP contribution in [0, 0.1) is 5.92 Å². The van der Waals surface area contributed by atoms with Gasteiger partial charge in [0, 0.05) is 30.9 Å². The summed E-state index contributed by atoms with van der Waals surface area (Å²) in [5.74, 6) is 2.03. The number of carbonyl (C=O) groups is 1. The number of fused-ring (bicyclic) bond motifs is 1. The molecular weight excluding hydrogens is 344 g/mol. The molecule has 1 fully saturated rings. The van der Waals surface area contributed by atoms with Crippen molar-refractivity contribution in [2.45, 2.75) is 12.8 Å². The molecule has 3 heterocycles. The van der Waals surface area contributed by atoms with Crippen LogP contribution in [0.5, 0.6) is 11.5 Å². The van der Waals surface area contributed by atoms with E-state index in [-0.39, 0.29) is 5.91 Å². The SMILES string of the molecule is COc1cccc2c1OCC(Cc1ccc(C(=O)N3CCOCC3)cn1)C2. The molecule has 1 atom stereocenters. The van der Waals surface area contributed by atoms with Gasteiger partial charge in [-0.1, -0.05) is 12.1 Å². The van der Waals surface area contributed by atoms with Crippen LogP contribution in [-0.4, -0.2) is 55.8 Å². The number of rotatable bonds is 4. The predicted molar refractivity (Wildman–Crippen MR) is 100 cm³/mol. The normalized spacial score (nSPS) is 19.1. The lowest BCUT2D eigenvalue weighted by atomic mass is 9.92. The first kappa shape index (κ1) is 17.8. The second-order valence-corrected chi connectivity index (χ2v) is 6.98. The molecule has 1 aromatic carbocycles. The number of hydrogen-bond acceptors (Lipinski definition) is 5. The second-order valence-electron chi connectivity index (χ2n) is 6.98. The van der Waals surface area contributed by atoms with Gasteiger partial charge < -0.3 is 19.1 Å². The van der Waals surface area contributed by atoms with E-state index in [2.05, 4.69) is 11.1 Å². The van der Waals surface area contributed by atoms with Crippen LogP contribution in [0.2, 0.25) is 0 Å². The van der Waals surface area contributed by atoms with Gasteiger partial charge in [-0.2, -0.15) is 0 Å². The van der Waals surface area contributed by atoms with E-state index in [1.165, 1.54) is 5.56 Å². The van der Waals surface area contributed by atoms with Gasteiger partial charge in [0.1, 0.15) is 0 Å². The maximum absolute atomic E-state index is 12.5. The Kier molecular flexibility index (Phi) is 5.25. The van der Waals surface area contributed by atoms with Crippen LogP contribution < -0.4 is 9.47 Å². The Hall–Kier alpha value is -2.60.